The van der Waals surface area contributed by atoms with Crippen LogP contribution in [0.3, 0.4) is 0 Å². The molecule has 1 saturated heterocycles. The lowest BCUT2D eigenvalue weighted by molar-refractivity contribution is -0.153. The molecule has 4 nitrogen and oxygen atoms in total. The van der Waals surface area contributed by atoms with Crippen LogP contribution >= 0.6 is 0 Å². The van der Waals surface area contributed by atoms with Crippen molar-refractivity contribution in [3.8, 4) is 0 Å². The van der Waals surface area contributed by atoms with Gasteiger partial charge in [-0.15, -0.1) is 0 Å². The van der Waals surface area contributed by atoms with Gasteiger partial charge >= 0.3 is 12.1 Å². The topological polar surface area (TPSA) is 58.6 Å². The second kappa shape index (κ2) is 5.93. The van der Waals surface area contributed by atoms with Gasteiger partial charge in [0.2, 0.25) is 0 Å². The van der Waals surface area contributed by atoms with E-state index in [1.165, 1.54) is 18.2 Å². The van der Waals surface area contributed by atoms with E-state index in [-0.39, 0.29) is 25.1 Å². The van der Waals surface area contributed by atoms with Crippen LogP contribution in [0, 0.1) is 5.41 Å². The van der Waals surface area contributed by atoms with Gasteiger partial charge in [0.15, 0.2) is 0 Å². The normalized spacial score (nSPS) is 18.2. The molecule has 2 rings (SSSR count). The first kappa shape index (κ1) is 15.6. The highest BCUT2D eigenvalue weighted by Crippen LogP contribution is 2.36. The van der Waals surface area contributed by atoms with E-state index < -0.39 is 23.1 Å². The lowest BCUT2D eigenvalue weighted by Gasteiger charge is -2.33. The van der Waals surface area contributed by atoms with Crippen molar-refractivity contribution in [2.45, 2.75) is 19.0 Å². The number of carboxylic acid groups (broad SMARTS) is 1. The zero-order valence-corrected chi connectivity index (χ0v) is 11.2. The van der Waals surface area contributed by atoms with Crippen molar-refractivity contribution in [2.75, 3.05) is 25.1 Å². The molecule has 0 radical (unpaired) electrons. The summed E-state index contributed by atoms with van der Waals surface area (Å²) in [6, 6.07) is 5.06. The molecule has 1 aliphatic heterocycles. The van der Waals surface area contributed by atoms with Crippen molar-refractivity contribution < 1.29 is 27.8 Å². The molecule has 2 N–H and O–H groups in total. The molecule has 0 aliphatic carbocycles. The summed E-state index contributed by atoms with van der Waals surface area (Å²) < 4.78 is 43.8. The van der Waals surface area contributed by atoms with Crippen molar-refractivity contribution in [2.24, 2.45) is 5.41 Å². The first-order chi connectivity index (χ1) is 9.85. The summed E-state index contributed by atoms with van der Waals surface area (Å²) >= 11 is 0. The summed E-state index contributed by atoms with van der Waals surface area (Å²) in [7, 11) is 0. The number of hydrogen-bond donors (Lipinski definition) is 2. The molecule has 0 amide bonds. The smallest absolute Gasteiger partial charge is 0.418 e. The Labute approximate surface area is 119 Å². The molecular formula is C14H16F3NO3. The number of aliphatic carboxylic acids is 1. The van der Waals surface area contributed by atoms with Gasteiger partial charge in [-0.1, -0.05) is 12.1 Å². The Morgan fingerprint density at radius 2 is 1.90 bits per heavy atom. The van der Waals surface area contributed by atoms with Crippen LogP contribution in [0.2, 0.25) is 0 Å². The van der Waals surface area contributed by atoms with Gasteiger partial charge in [0, 0.05) is 25.4 Å². The summed E-state index contributed by atoms with van der Waals surface area (Å²) in [6.45, 7) is 0.544. The highest BCUT2D eigenvalue weighted by atomic mass is 19.4. The summed E-state index contributed by atoms with van der Waals surface area (Å²) in [5.74, 6) is -1.01. The first-order valence-electron chi connectivity index (χ1n) is 6.56. The number of para-hydroxylation sites is 1. The Kier molecular flexibility index (Phi) is 4.41. The van der Waals surface area contributed by atoms with Crippen molar-refractivity contribution >= 4 is 11.7 Å². The third-order valence-corrected chi connectivity index (χ3v) is 3.75. The lowest BCUT2D eigenvalue weighted by Crippen LogP contribution is -2.42. The molecule has 0 aromatic heterocycles. The molecule has 116 valence electrons. The summed E-state index contributed by atoms with van der Waals surface area (Å²) in [6.07, 6.45) is -3.91. The van der Waals surface area contributed by atoms with E-state index in [1.54, 1.807) is 0 Å². The molecule has 7 heteroatoms. The third kappa shape index (κ3) is 3.47. The number of hydrogen-bond acceptors (Lipinski definition) is 3. The zero-order valence-electron chi connectivity index (χ0n) is 11.2. The number of rotatable bonds is 4. The van der Waals surface area contributed by atoms with Crippen LogP contribution in [0.4, 0.5) is 18.9 Å². The molecule has 0 saturated carbocycles. The molecule has 21 heavy (non-hydrogen) atoms. The Morgan fingerprint density at radius 1 is 1.29 bits per heavy atom. The summed E-state index contributed by atoms with van der Waals surface area (Å²) in [5, 5.41) is 12.0. The summed E-state index contributed by atoms with van der Waals surface area (Å²) in [5.41, 5.74) is -1.98. The van der Waals surface area contributed by atoms with Crippen LogP contribution in [0.1, 0.15) is 18.4 Å². The Balaban J connectivity index is 2.17. The highest BCUT2D eigenvalue weighted by Gasteiger charge is 2.41. The van der Waals surface area contributed by atoms with Gasteiger partial charge < -0.3 is 15.2 Å². The van der Waals surface area contributed by atoms with Crippen LogP contribution in [0.25, 0.3) is 0 Å². The van der Waals surface area contributed by atoms with Crippen LogP contribution in [0.5, 0.6) is 0 Å². The number of ether oxygens (including phenoxy) is 1. The number of carboxylic acids is 1. The minimum atomic E-state index is -4.48. The number of halogens is 3. The maximum absolute atomic E-state index is 12.9. The van der Waals surface area contributed by atoms with E-state index in [0.717, 1.165) is 6.07 Å². The maximum atomic E-state index is 12.9. The Morgan fingerprint density at radius 3 is 2.48 bits per heavy atom. The second-order valence-electron chi connectivity index (χ2n) is 5.09. The average molecular weight is 303 g/mol. The van der Waals surface area contributed by atoms with Crippen molar-refractivity contribution in [3.63, 3.8) is 0 Å². The van der Waals surface area contributed by atoms with E-state index in [1.807, 2.05) is 0 Å². The molecule has 1 aromatic rings. The number of anilines is 1. The fourth-order valence-corrected chi connectivity index (χ4v) is 2.38. The quantitative estimate of drug-likeness (QED) is 0.898. The van der Waals surface area contributed by atoms with Crippen molar-refractivity contribution in [3.05, 3.63) is 29.8 Å². The van der Waals surface area contributed by atoms with E-state index >= 15 is 0 Å². The Hall–Kier alpha value is -1.76. The van der Waals surface area contributed by atoms with Crippen LogP contribution < -0.4 is 5.32 Å². The molecule has 1 aliphatic rings. The molecule has 0 spiro atoms. The molecule has 0 bridgehead atoms. The number of benzene rings is 1. The zero-order chi connectivity index (χ0) is 15.5. The maximum Gasteiger partial charge on any atom is 0.418 e. The summed E-state index contributed by atoms with van der Waals surface area (Å²) in [4.78, 5) is 11.5. The predicted octanol–water partition coefficient (Wildman–Crippen LogP) is 3.00. The predicted molar refractivity (Wildman–Crippen MR) is 70.1 cm³/mol. The highest BCUT2D eigenvalue weighted by molar-refractivity contribution is 5.75. The monoisotopic (exact) mass is 303 g/mol. The van der Waals surface area contributed by atoms with E-state index in [0.29, 0.717) is 13.2 Å². The minimum Gasteiger partial charge on any atom is -0.481 e. The number of carbonyl (C=O) groups is 1. The van der Waals surface area contributed by atoms with Gasteiger partial charge in [0.25, 0.3) is 0 Å². The molecule has 0 atom stereocenters. The molecule has 0 unspecified atom stereocenters. The van der Waals surface area contributed by atoms with Gasteiger partial charge in [0.1, 0.15) is 0 Å². The molecule has 1 aromatic carbocycles. The van der Waals surface area contributed by atoms with E-state index in [4.69, 9.17) is 4.74 Å². The van der Waals surface area contributed by atoms with Gasteiger partial charge in [-0.25, -0.2) is 0 Å². The average Bonchev–Trinajstić information content (AvgIpc) is 2.45. The molecule has 1 fully saturated rings. The molecular weight excluding hydrogens is 287 g/mol. The molecule has 1 heterocycles. The van der Waals surface area contributed by atoms with Gasteiger partial charge in [-0.05, 0) is 25.0 Å². The second-order valence-corrected chi connectivity index (χ2v) is 5.09. The fourth-order valence-electron chi connectivity index (χ4n) is 2.38. The number of alkyl halides is 3. The largest absolute Gasteiger partial charge is 0.481 e. The van der Waals surface area contributed by atoms with Crippen LogP contribution in [0.15, 0.2) is 24.3 Å². The van der Waals surface area contributed by atoms with Gasteiger partial charge in [0.05, 0.1) is 11.0 Å². The minimum absolute atomic E-state index is 0.0568. The number of nitrogens with one attached hydrogen (secondary N) is 1. The standard InChI is InChI=1S/C14H16F3NO3/c15-14(16,17)10-3-1-2-4-11(10)18-9-13(12(19)20)5-7-21-8-6-13/h1-4,18H,5-9H2,(H,19,20). The Bertz CT molecular complexity index is 510. The van der Waals surface area contributed by atoms with Gasteiger partial charge in [-0.2, -0.15) is 13.2 Å². The van der Waals surface area contributed by atoms with Crippen LogP contribution in [-0.4, -0.2) is 30.8 Å². The lowest BCUT2D eigenvalue weighted by atomic mass is 9.80. The SMILES string of the molecule is O=C(O)C1(CNc2ccccc2C(F)(F)F)CCOCC1. The third-order valence-electron chi connectivity index (χ3n) is 3.75. The van der Waals surface area contributed by atoms with E-state index in [9.17, 15) is 23.1 Å². The van der Waals surface area contributed by atoms with E-state index in [2.05, 4.69) is 5.32 Å². The van der Waals surface area contributed by atoms with Crippen LogP contribution in [-0.2, 0) is 15.7 Å². The van der Waals surface area contributed by atoms with Crippen molar-refractivity contribution in [1.29, 1.82) is 0 Å². The fraction of sp³-hybridized carbons (Fsp3) is 0.500. The van der Waals surface area contributed by atoms with Crippen molar-refractivity contribution in [1.82, 2.24) is 0 Å². The van der Waals surface area contributed by atoms with Gasteiger partial charge in [-0.3, -0.25) is 4.79 Å². The first-order valence-corrected chi connectivity index (χ1v) is 6.56.